The maximum Gasteiger partial charge on any atom is 0.257 e. The summed E-state index contributed by atoms with van der Waals surface area (Å²) in [4.78, 5) is 14.3. The lowest BCUT2D eigenvalue weighted by molar-refractivity contribution is -0.114. The molecule has 23 heavy (non-hydrogen) atoms. The van der Waals surface area contributed by atoms with E-state index in [4.69, 9.17) is 0 Å². The number of nitrogens with zero attached hydrogens (tertiary/aromatic N) is 1. The molecule has 1 heterocycles. The van der Waals surface area contributed by atoms with Crippen LogP contribution in [-0.2, 0) is 10.4 Å². The van der Waals surface area contributed by atoms with Gasteiger partial charge in [-0.3, -0.25) is 4.79 Å². The third kappa shape index (κ3) is 2.57. The molecule has 1 aliphatic rings. The Morgan fingerprint density at radius 1 is 1.00 bits per heavy atom. The van der Waals surface area contributed by atoms with Gasteiger partial charge >= 0.3 is 0 Å². The molecular formula is C20H21NO2. The van der Waals surface area contributed by atoms with Crippen LogP contribution in [0.3, 0.4) is 0 Å². The fraction of sp³-hybridized carbons (Fsp3) is 0.250. The molecule has 3 nitrogen and oxygen atoms in total. The number of carbonyl (C=O) groups is 1. The van der Waals surface area contributed by atoms with Crippen LogP contribution < -0.4 is 4.90 Å². The predicted octanol–water partition coefficient (Wildman–Crippen LogP) is 3.40. The number of rotatable bonds is 2. The molecule has 118 valence electrons. The lowest BCUT2D eigenvalue weighted by Gasteiger charge is -2.24. The molecule has 1 fully saturated rings. The van der Waals surface area contributed by atoms with Crippen LogP contribution in [0.15, 0.2) is 54.6 Å². The molecule has 3 rings (SSSR count). The maximum absolute atomic E-state index is 12.7. The third-order valence-electron chi connectivity index (χ3n) is 4.44. The number of aryl methyl sites for hydroxylation is 3. The summed E-state index contributed by atoms with van der Waals surface area (Å²) in [6, 6.07) is 13.6. The molecule has 1 unspecified atom stereocenters. The Labute approximate surface area is 136 Å². The van der Waals surface area contributed by atoms with Crippen LogP contribution >= 0.6 is 0 Å². The number of benzene rings is 2. The Balaban J connectivity index is 2.02. The molecular weight excluding hydrogens is 286 g/mol. The summed E-state index contributed by atoms with van der Waals surface area (Å²) in [5, 5.41) is 11.1. The summed E-state index contributed by atoms with van der Waals surface area (Å²) >= 11 is 0. The Kier molecular flexibility index (Phi) is 3.61. The smallest absolute Gasteiger partial charge is 0.257 e. The second-order valence-electron chi connectivity index (χ2n) is 6.44. The Bertz CT molecular complexity index is 772. The van der Waals surface area contributed by atoms with Gasteiger partial charge in [0.15, 0.2) is 0 Å². The lowest BCUT2D eigenvalue weighted by atomic mass is 9.89. The summed E-state index contributed by atoms with van der Waals surface area (Å²) in [5.74, 6) is -0.224. The van der Waals surface area contributed by atoms with Crippen molar-refractivity contribution in [1.82, 2.24) is 0 Å². The van der Waals surface area contributed by atoms with Crippen molar-refractivity contribution in [3.05, 3.63) is 76.9 Å². The Morgan fingerprint density at radius 3 is 2.13 bits per heavy atom. The molecule has 3 heteroatoms. The van der Waals surface area contributed by atoms with E-state index in [1.54, 1.807) is 4.90 Å². The normalized spacial score (nSPS) is 21.1. The van der Waals surface area contributed by atoms with Gasteiger partial charge < -0.3 is 10.0 Å². The van der Waals surface area contributed by atoms with Crippen LogP contribution in [0, 0.1) is 20.8 Å². The lowest BCUT2D eigenvalue weighted by Crippen LogP contribution is -2.31. The van der Waals surface area contributed by atoms with Crippen molar-refractivity contribution in [1.29, 1.82) is 0 Å². The standard InChI is InChI=1S/C20H21NO2/c1-13-5-7-17(8-6-13)20(23)12-21(19(22)16(20)4)18-10-14(2)9-15(3)11-18/h5-11,23H,4,12H2,1-3H3. The van der Waals surface area contributed by atoms with E-state index in [-0.39, 0.29) is 18.0 Å². The number of hydrogen-bond donors (Lipinski definition) is 1. The molecule has 1 atom stereocenters. The van der Waals surface area contributed by atoms with Crippen molar-refractivity contribution in [2.75, 3.05) is 11.4 Å². The highest BCUT2D eigenvalue weighted by atomic mass is 16.3. The number of carbonyl (C=O) groups excluding carboxylic acids is 1. The topological polar surface area (TPSA) is 40.5 Å². The number of amides is 1. The maximum atomic E-state index is 12.7. The number of β-amino-alcohol motifs (C(OH)–C–C–N with tert-alkyl or cyclic N) is 1. The van der Waals surface area contributed by atoms with Gasteiger partial charge in [0.1, 0.15) is 5.60 Å². The van der Waals surface area contributed by atoms with Gasteiger partial charge in [-0.1, -0.05) is 42.5 Å². The zero-order valence-corrected chi connectivity index (χ0v) is 13.8. The minimum absolute atomic E-state index is 0.191. The first-order chi connectivity index (χ1) is 10.8. The van der Waals surface area contributed by atoms with E-state index in [1.165, 1.54) is 0 Å². The van der Waals surface area contributed by atoms with Gasteiger partial charge in [-0.2, -0.15) is 0 Å². The Hall–Kier alpha value is -2.39. The molecule has 1 saturated heterocycles. The van der Waals surface area contributed by atoms with Gasteiger partial charge in [-0.25, -0.2) is 0 Å². The first kappa shape index (κ1) is 15.5. The van der Waals surface area contributed by atoms with Crippen molar-refractivity contribution in [3.8, 4) is 0 Å². The van der Waals surface area contributed by atoms with Crippen molar-refractivity contribution in [2.45, 2.75) is 26.4 Å². The fourth-order valence-corrected chi connectivity index (χ4v) is 3.15. The average molecular weight is 307 g/mol. The first-order valence-electron chi connectivity index (χ1n) is 7.70. The van der Waals surface area contributed by atoms with Crippen LogP contribution in [0.2, 0.25) is 0 Å². The van der Waals surface area contributed by atoms with E-state index in [2.05, 4.69) is 12.6 Å². The zero-order valence-electron chi connectivity index (χ0n) is 13.8. The first-order valence-corrected chi connectivity index (χ1v) is 7.70. The molecule has 0 bridgehead atoms. The Morgan fingerprint density at radius 2 is 1.57 bits per heavy atom. The molecule has 0 spiro atoms. The summed E-state index contributed by atoms with van der Waals surface area (Å²) in [6.07, 6.45) is 0. The summed E-state index contributed by atoms with van der Waals surface area (Å²) in [5.41, 5.74) is 3.67. The van der Waals surface area contributed by atoms with E-state index < -0.39 is 5.60 Å². The highest BCUT2D eigenvalue weighted by molar-refractivity contribution is 6.10. The van der Waals surface area contributed by atoms with Crippen LogP contribution in [0.5, 0.6) is 0 Å². The van der Waals surface area contributed by atoms with Crippen LogP contribution in [0.4, 0.5) is 5.69 Å². The third-order valence-corrected chi connectivity index (χ3v) is 4.44. The van der Waals surface area contributed by atoms with E-state index >= 15 is 0 Å². The summed E-state index contributed by atoms with van der Waals surface area (Å²) < 4.78 is 0. The average Bonchev–Trinajstić information content (AvgIpc) is 2.72. The largest absolute Gasteiger partial charge is 0.378 e. The van der Waals surface area contributed by atoms with E-state index in [1.807, 2.05) is 57.2 Å². The minimum Gasteiger partial charge on any atom is -0.378 e. The van der Waals surface area contributed by atoms with Crippen molar-refractivity contribution in [3.63, 3.8) is 0 Å². The SMILES string of the molecule is C=C1C(=O)N(c2cc(C)cc(C)c2)CC1(O)c1ccc(C)cc1. The van der Waals surface area contributed by atoms with Gasteiger partial charge in [0.25, 0.3) is 5.91 Å². The summed E-state index contributed by atoms with van der Waals surface area (Å²) in [7, 11) is 0. The van der Waals surface area contributed by atoms with Gasteiger partial charge in [0.2, 0.25) is 0 Å². The molecule has 0 saturated carbocycles. The summed E-state index contributed by atoms with van der Waals surface area (Å²) in [6.45, 7) is 10.0. The second-order valence-corrected chi connectivity index (χ2v) is 6.44. The highest BCUT2D eigenvalue weighted by Crippen LogP contribution is 2.39. The van der Waals surface area contributed by atoms with Crippen molar-refractivity contribution >= 4 is 11.6 Å². The zero-order chi connectivity index (χ0) is 16.8. The second kappa shape index (κ2) is 5.36. The molecule has 1 amide bonds. The van der Waals surface area contributed by atoms with E-state index in [0.29, 0.717) is 5.56 Å². The quantitative estimate of drug-likeness (QED) is 0.864. The number of hydrogen-bond acceptors (Lipinski definition) is 2. The van der Waals surface area contributed by atoms with Crippen LogP contribution in [-0.4, -0.2) is 17.6 Å². The van der Waals surface area contributed by atoms with Crippen molar-refractivity contribution < 1.29 is 9.90 Å². The van der Waals surface area contributed by atoms with Gasteiger partial charge in [0.05, 0.1) is 6.54 Å². The number of anilines is 1. The van der Waals surface area contributed by atoms with E-state index in [9.17, 15) is 9.90 Å². The van der Waals surface area contributed by atoms with Gasteiger partial charge in [0, 0.05) is 11.3 Å². The highest BCUT2D eigenvalue weighted by Gasteiger charge is 2.47. The molecule has 1 N–H and O–H groups in total. The molecule has 0 aromatic heterocycles. The van der Waals surface area contributed by atoms with E-state index in [0.717, 1.165) is 22.4 Å². The fourth-order valence-electron chi connectivity index (χ4n) is 3.15. The molecule has 2 aromatic carbocycles. The molecule has 1 aliphatic heterocycles. The predicted molar refractivity (Wildman–Crippen MR) is 92.5 cm³/mol. The van der Waals surface area contributed by atoms with Crippen LogP contribution in [0.1, 0.15) is 22.3 Å². The number of aliphatic hydroxyl groups is 1. The van der Waals surface area contributed by atoms with Crippen molar-refractivity contribution in [2.24, 2.45) is 0 Å². The van der Waals surface area contributed by atoms with Crippen LogP contribution in [0.25, 0.3) is 0 Å². The van der Waals surface area contributed by atoms with Gasteiger partial charge in [-0.05, 0) is 49.6 Å². The minimum atomic E-state index is -1.34. The monoisotopic (exact) mass is 307 g/mol. The van der Waals surface area contributed by atoms with Gasteiger partial charge in [-0.15, -0.1) is 0 Å². The molecule has 0 radical (unpaired) electrons. The molecule has 0 aliphatic carbocycles. The molecule has 2 aromatic rings.